The lowest BCUT2D eigenvalue weighted by molar-refractivity contribution is -0.385. The molecule has 0 spiro atoms. The number of nitro groups is 1. The average molecular weight is 278 g/mol. The van der Waals surface area contributed by atoms with E-state index >= 15 is 0 Å². The molecule has 0 unspecified atom stereocenters. The molecule has 0 atom stereocenters. The van der Waals surface area contributed by atoms with Gasteiger partial charge in [0, 0.05) is 23.2 Å². The van der Waals surface area contributed by atoms with Gasteiger partial charge in [-0.1, -0.05) is 0 Å². The number of hydrogen-bond donors (Lipinski definition) is 2. The summed E-state index contributed by atoms with van der Waals surface area (Å²) in [5.74, 6) is -0.218. The van der Waals surface area contributed by atoms with Crippen molar-refractivity contribution in [3.8, 4) is 0 Å². The Bertz CT molecular complexity index is 522. The maximum absolute atomic E-state index is 12.1. The summed E-state index contributed by atoms with van der Waals surface area (Å²) in [6.45, 7) is 1.62. The number of nitro benzene ring substituents is 1. The molecule has 1 fully saturated rings. The van der Waals surface area contributed by atoms with Crippen molar-refractivity contribution in [1.82, 2.24) is 5.32 Å². The van der Waals surface area contributed by atoms with Crippen LogP contribution in [0, 0.1) is 17.0 Å². The lowest BCUT2D eigenvalue weighted by atomic mass is 9.93. The monoisotopic (exact) mass is 278 g/mol. The van der Waals surface area contributed by atoms with Crippen LogP contribution < -0.4 is 5.32 Å². The number of carbonyl (C=O) groups excluding carboxylic acids is 1. The first kappa shape index (κ1) is 14.5. The second kappa shape index (κ2) is 6.00. The van der Waals surface area contributed by atoms with E-state index in [0.717, 1.165) is 12.8 Å². The van der Waals surface area contributed by atoms with Crippen molar-refractivity contribution in [1.29, 1.82) is 0 Å². The van der Waals surface area contributed by atoms with E-state index in [2.05, 4.69) is 5.32 Å². The summed E-state index contributed by atoms with van der Waals surface area (Å²) in [7, 11) is 0. The van der Waals surface area contributed by atoms with Crippen molar-refractivity contribution < 1.29 is 14.8 Å². The quantitative estimate of drug-likeness (QED) is 0.652. The topological polar surface area (TPSA) is 92.5 Å². The van der Waals surface area contributed by atoms with Crippen molar-refractivity contribution in [2.45, 2.75) is 44.8 Å². The molecule has 20 heavy (non-hydrogen) atoms. The van der Waals surface area contributed by atoms with E-state index < -0.39 is 4.92 Å². The van der Waals surface area contributed by atoms with Gasteiger partial charge in [0.1, 0.15) is 0 Å². The van der Waals surface area contributed by atoms with Gasteiger partial charge in [-0.05, 0) is 44.7 Å². The highest BCUT2D eigenvalue weighted by atomic mass is 16.6. The average Bonchev–Trinajstić information content (AvgIpc) is 2.40. The normalized spacial score (nSPS) is 22.3. The Morgan fingerprint density at radius 1 is 1.35 bits per heavy atom. The van der Waals surface area contributed by atoms with Crippen molar-refractivity contribution in [3.63, 3.8) is 0 Å². The number of benzene rings is 1. The van der Waals surface area contributed by atoms with Crippen LogP contribution in [-0.4, -0.2) is 28.1 Å². The first-order chi connectivity index (χ1) is 9.47. The molecular formula is C14H18N2O4. The number of aliphatic hydroxyl groups is 1. The Morgan fingerprint density at radius 2 is 2.00 bits per heavy atom. The fraction of sp³-hybridized carbons (Fsp3) is 0.500. The van der Waals surface area contributed by atoms with Crippen molar-refractivity contribution >= 4 is 11.6 Å². The molecule has 0 bridgehead atoms. The standard InChI is InChI=1S/C14H18N2O4/c1-9-8-10(2-7-13(9)16(19)20)14(18)15-11-3-5-12(17)6-4-11/h2,7-8,11-12,17H,3-6H2,1H3,(H,15,18). The Labute approximate surface area is 117 Å². The van der Waals surface area contributed by atoms with E-state index in [9.17, 15) is 20.0 Å². The van der Waals surface area contributed by atoms with E-state index in [-0.39, 0.29) is 23.7 Å². The molecule has 1 aliphatic carbocycles. The molecule has 1 aromatic rings. The van der Waals surface area contributed by atoms with Crippen LogP contribution >= 0.6 is 0 Å². The first-order valence-corrected chi connectivity index (χ1v) is 6.71. The second-order valence-electron chi connectivity index (χ2n) is 5.24. The number of hydrogen-bond acceptors (Lipinski definition) is 4. The molecule has 1 amide bonds. The molecule has 1 aliphatic rings. The van der Waals surface area contributed by atoms with Gasteiger partial charge in [0.25, 0.3) is 11.6 Å². The summed E-state index contributed by atoms with van der Waals surface area (Å²) in [5, 5.41) is 23.1. The molecule has 108 valence electrons. The zero-order chi connectivity index (χ0) is 14.7. The fourth-order valence-corrected chi connectivity index (χ4v) is 2.49. The molecule has 2 N–H and O–H groups in total. The fourth-order valence-electron chi connectivity index (χ4n) is 2.49. The highest BCUT2D eigenvalue weighted by Gasteiger charge is 2.22. The molecule has 0 heterocycles. The zero-order valence-electron chi connectivity index (χ0n) is 11.3. The van der Waals surface area contributed by atoms with Gasteiger partial charge in [0.15, 0.2) is 0 Å². The highest BCUT2D eigenvalue weighted by Crippen LogP contribution is 2.21. The van der Waals surface area contributed by atoms with Gasteiger partial charge in [-0.2, -0.15) is 0 Å². The third-order valence-corrected chi connectivity index (χ3v) is 3.69. The third kappa shape index (κ3) is 3.33. The van der Waals surface area contributed by atoms with Crippen LogP contribution in [0.25, 0.3) is 0 Å². The van der Waals surface area contributed by atoms with Gasteiger partial charge < -0.3 is 10.4 Å². The summed E-state index contributed by atoms with van der Waals surface area (Å²) < 4.78 is 0. The minimum atomic E-state index is -0.459. The summed E-state index contributed by atoms with van der Waals surface area (Å²) >= 11 is 0. The van der Waals surface area contributed by atoms with Gasteiger partial charge in [0.05, 0.1) is 11.0 Å². The number of aryl methyl sites for hydroxylation is 1. The first-order valence-electron chi connectivity index (χ1n) is 6.71. The molecule has 1 saturated carbocycles. The van der Waals surface area contributed by atoms with Crippen LogP contribution in [0.5, 0.6) is 0 Å². The molecule has 1 aromatic carbocycles. The van der Waals surface area contributed by atoms with E-state index in [4.69, 9.17) is 0 Å². The molecule has 0 radical (unpaired) electrons. The minimum Gasteiger partial charge on any atom is -0.393 e. The lowest BCUT2D eigenvalue weighted by Gasteiger charge is -2.26. The third-order valence-electron chi connectivity index (χ3n) is 3.69. The van der Waals surface area contributed by atoms with Gasteiger partial charge in [0.2, 0.25) is 0 Å². The van der Waals surface area contributed by atoms with Crippen LogP contribution in [0.2, 0.25) is 0 Å². The van der Waals surface area contributed by atoms with E-state index in [0.29, 0.717) is 24.0 Å². The summed E-state index contributed by atoms with van der Waals surface area (Å²) in [6.07, 6.45) is 2.66. The van der Waals surface area contributed by atoms with Crippen LogP contribution in [0.1, 0.15) is 41.6 Å². The SMILES string of the molecule is Cc1cc(C(=O)NC2CCC(O)CC2)ccc1[N+](=O)[O-]. The Hall–Kier alpha value is -1.95. The summed E-state index contributed by atoms with van der Waals surface area (Å²) in [5.41, 5.74) is 0.920. The summed E-state index contributed by atoms with van der Waals surface area (Å²) in [6, 6.07) is 4.43. The molecule has 6 nitrogen and oxygen atoms in total. The predicted octanol–water partition coefficient (Wildman–Crippen LogP) is 1.94. The highest BCUT2D eigenvalue weighted by molar-refractivity contribution is 5.94. The van der Waals surface area contributed by atoms with Gasteiger partial charge in [-0.25, -0.2) is 0 Å². The van der Waals surface area contributed by atoms with E-state index in [1.54, 1.807) is 6.92 Å². The van der Waals surface area contributed by atoms with Crippen molar-refractivity contribution in [2.75, 3.05) is 0 Å². The molecule has 0 aliphatic heterocycles. The number of rotatable bonds is 3. The van der Waals surface area contributed by atoms with Crippen LogP contribution in [0.4, 0.5) is 5.69 Å². The number of aliphatic hydroxyl groups excluding tert-OH is 1. The van der Waals surface area contributed by atoms with Crippen LogP contribution in [0.15, 0.2) is 18.2 Å². The number of carbonyl (C=O) groups is 1. The van der Waals surface area contributed by atoms with Crippen molar-refractivity contribution in [2.24, 2.45) is 0 Å². The maximum Gasteiger partial charge on any atom is 0.272 e. The van der Waals surface area contributed by atoms with Crippen molar-refractivity contribution in [3.05, 3.63) is 39.4 Å². The number of amides is 1. The Balaban J connectivity index is 2.02. The Kier molecular flexibility index (Phi) is 4.34. The molecule has 0 saturated heterocycles. The van der Waals surface area contributed by atoms with Crippen LogP contribution in [-0.2, 0) is 0 Å². The molecule has 6 heteroatoms. The smallest absolute Gasteiger partial charge is 0.272 e. The van der Waals surface area contributed by atoms with Gasteiger partial charge in [-0.3, -0.25) is 14.9 Å². The zero-order valence-corrected chi connectivity index (χ0v) is 11.3. The van der Waals surface area contributed by atoms with Crippen LogP contribution in [0.3, 0.4) is 0 Å². The number of nitrogens with zero attached hydrogens (tertiary/aromatic N) is 1. The summed E-state index contributed by atoms with van der Waals surface area (Å²) in [4.78, 5) is 22.4. The van der Waals surface area contributed by atoms with E-state index in [1.165, 1.54) is 18.2 Å². The second-order valence-corrected chi connectivity index (χ2v) is 5.24. The lowest BCUT2D eigenvalue weighted by Crippen LogP contribution is -2.38. The predicted molar refractivity (Wildman–Crippen MR) is 73.6 cm³/mol. The van der Waals surface area contributed by atoms with E-state index in [1.807, 2.05) is 0 Å². The molecule has 0 aromatic heterocycles. The van der Waals surface area contributed by atoms with Gasteiger partial charge >= 0.3 is 0 Å². The minimum absolute atomic E-state index is 0.0161. The largest absolute Gasteiger partial charge is 0.393 e. The molecule has 2 rings (SSSR count). The molecular weight excluding hydrogens is 260 g/mol. The maximum atomic E-state index is 12.1. The number of nitrogens with one attached hydrogen (secondary N) is 1. The Morgan fingerprint density at radius 3 is 2.55 bits per heavy atom. The van der Waals surface area contributed by atoms with Gasteiger partial charge in [-0.15, -0.1) is 0 Å².